The summed E-state index contributed by atoms with van der Waals surface area (Å²) >= 11 is 0. The van der Waals surface area contributed by atoms with Crippen LogP contribution in [0.5, 0.6) is 0 Å². The lowest BCUT2D eigenvalue weighted by molar-refractivity contribution is -0.0171. The predicted octanol–water partition coefficient (Wildman–Crippen LogP) is 1.87. The zero-order valence-corrected chi connectivity index (χ0v) is 9.61. The second kappa shape index (κ2) is 4.49. The quantitative estimate of drug-likeness (QED) is 0.836. The summed E-state index contributed by atoms with van der Waals surface area (Å²) in [7, 11) is 0. The van der Waals surface area contributed by atoms with Crippen molar-refractivity contribution >= 4 is 6.09 Å². The summed E-state index contributed by atoms with van der Waals surface area (Å²) in [5.74, 6) is 0. The number of amides is 1. The van der Waals surface area contributed by atoms with Gasteiger partial charge in [-0.3, -0.25) is 0 Å². The molecule has 1 fully saturated rings. The third-order valence-electron chi connectivity index (χ3n) is 2.90. The van der Waals surface area contributed by atoms with E-state index in [1.807, 2.05) is 30.3 Å². The number of nitrogens with one attached hydrogen (secondary N) is 1. The number of alkyl carbamates (subject to hydrolysis) is 1. The molecule has 0 bridgehead atoms. The maximum atomic E-state index is 11.4. The lowest BCUT2D eigenvalue weighted by atomic mass is 9.85. The molecule has 4 nitrogen and oxygen atoms in total. The van der Waals surface area contributed by atoms with E-state index < -0.39 is 11.7 Å². The normalized spacial score (nSPS) is 23.6. The molecule has 0 spiro atoms. The topological polar surface area (TPSA) is 64.3 Å². The van der Waals surface area contributed by atoms with Crippen molar-refractivity contribution in [1.82, 2.24) is 5.32 Å². The second-order valence-corrected chi connectivity index (χ2v) is 4.26. The Morgan fingerprint density at radius 2 is 2.18 bits per heavy atom. The van der Waals surface area contributed by atoms with Crippen LogP contribution in [-0.4, -0.2) is 12.6 Å². The Kier molecular flexibility index (Phi) is 3.04. The van der Waals surface area contributed by atoms with Crippen LogP contribution in [0.25, 0.3) is 0 Å². The maximum Gasteiger partial charge on any atom is 0.408 e. The van der Waals surface area contributed by atoms with E-state index in [-0.39, 0.29) is 0 Å². The minimum absolute atomic E-state index is 0.402. The minimum Gasteiger partial charge on any atom is -0.438 e. The molecule has 1 aliphatic heterocycles. The Morgan fingerprint density at radius 1 is 1.47 bits per heavy atom. The van der Waals surface area contributed by atoms with Gasteiger partial charge in [-0.1, -0.05) is 36.9 Å². The van der Waals surface area contributed by atoms with E-state index in [2.05, 4.69) is 11.9 Å². The summed E-state index contributed by atoms with van der Waals surface area (Å²) in [6.07, 6.45) is 0.741. The number of hydrogen-bond acceptors (Lipinski definition) is 3. The number of carbonyl (C=O) groups excluding carboxylic acids is 1. The number of ether oxygens (including phenoxy) is 1. The molecule has 0 radical (unpaired) electrons. The maximum absolute atomic E-state index is 11.4. The zero-order chi connectivity index (χ0) is 12.3. The first-order valence-electron chi connectivity index (χ1n) is 5.58. The zero-order valence-electron chi connectivity index (χ0n) is 9.61. The van der Waals surface area contributed by atoms with Crippen molar-refractivity contribution in [3.05, 3.63) is 48.2 Å². The first-order chi connectivity index (χ1) is 8.12. The average Bonchev–Trinajstić information content (AvgIpc) is 2.29. The van der Waals surface area contributed by atoms with Crippen molar-refractivity contribution in [3.63, 3.8) is 0 Å². The van der Waals surface area contributed by atoms with Gasteiger partial charge in [0.2, 0.25) is 0 Å². The molecule has 1 aliphatic rings. The number of rotatable bonds is 3. The molecule has 1 aromatic rings. The monoisotopic (exact) mass is 232 g/mol. The highest BCUT2D eigenvalue weighted by molar-refractivity contribution is 5.69. The van der Waals surface area contributed by atoms with Gasteiger partial charge in [-0.2, -0.15) is 0 Å². The van der Waals surface area contributed by atoms with Crippen LogP contribution in [0.2, 0.25) is 0 Å². The molecule has 1 saturated heterocycles. The Morgan fingerprint density at radius 3 is 2.76 bits per heavy atom. The van der Waals surface area contributed by atoms with Gasteiger partial charge in [0.1, 0.15) is 5.60 Å². The highest BCUT2D eigenvalue weighted by Gasteiger charge is 2.39. The molecule has 1 amide bonds. The number of cyclic esters (lactones) is 1. The molecule has 0 saturated carbocycles. The molecule has 0 aliphatic carbocycles. The third kappa shape index (κ3) is 2.41. The molecule has 4 heteroatoms. The molecule has 3 N–H and O–H groups in total. The second-order valence-electron chi connectivity index (χ2n) is 4.26. The molecule has 1 aromatic carbocycles. The predicted molar refractivity (Wildman–Crippen MR) is 65.2 cm³/mol. The van der Waals surface area contributed by atoms with Crippen molar-refractivity contribution in [2.75, 3.05) is 6.54 Å². The molecular weight excluding hydrogens is 216 g/mol. The van der Waals surface area contributed by atoms with Gasteiger partial charge in [0.25, 0.3) is 0 Å². The van der Waals surface area contributed by atoms with Crippen LogP contribution in [-0.2, 0) is 10.3 Å². The summed E-state index contributed by atoms with van der Waals surface area (Å²) in [5.41, 5.74) is 6.49. The highest BCUT2D eigenvalue weighted by atomic mass is 16.6. The van der Waals surface area contributed by atoms with Crippen LogP contribution in [0.1, 0.15) is 18.4 Å². The van der Waals surface area contributed by atoms with E-state index in [1.165, 1.54) is 0 Å². The number of benzene rings is 1. The van der Waals surface area contributed by atoms with Crippen LogP contribution >= 0.6 is 0 Å². The van der Waals surface area contributed by atoms with E-state index in [9.17, 15) is 4.79 Å². The van der Waals surface area contributed by atoms with Gasteiger partial charge < -0.3 is 15.8 Å². The van der Waals surface area contributed by atoms with E-state index >= 15 is 0 Å². The van der Waals surface area contributed by atoms with E-state index in [4.69, 9.17) is 10.5 Å². The van der Waals surface area contributed by atoms with Gasteiger partial charge in [-0.15, -0.1) is 0 Å². The van der Waals surface area contributed by atoms with Gasteiger partial charge in [0.05, 0.1) is 0 Å². The summed E-state index contributed by atoms with van der Waals surface area (Å²) in [5, 5.41) is 2.65. The molecule has 17 heavy (non-hydrogen) atoms. The molecule has 1 heterocycles. The van der Waals surface area contributed by atoms with Gasteiger partial charge in [-0.25, -0.2) is 4.79 Å². The summed E-state index contributed by atoms with van der Waals surface area (Å²) < 4.78 is 5.48. The summed E-state index contributed by atoms with van der Waals surface area (Å²) in [6, 6.07) is 9.67. The van der Waals surface area contributed by atoms with Crippen molar-refractivity contribution < 1.29 is 9.53 Å². The minimum atomic E-state index is -0.671. The van der Waals surface area contributed by atoms with Crippen LogP contribution in [0.15, 0.2) is 42.6 Å². The lowest BCUT2D eigenvalue weighted by Crippen LogP contribution is -2.46. The van der Waals surface area contributed by atoms with Crippen molar-refractivity contribution in [2.24, 2.45) is 5.73 Å². The first-order valence-corrected chi connectivity index (χ1v) is 5.58. The van der Waals surface area contributed by atoms with Crippen molar-refractivity contribution in [2.45, 2.75) is 18.4 Å². The first kappa shape index (κ1) is 11.5. The van der Waals surface area contributed by atoms with Crippen LogP contribution in [0.3, 0.4) is 0 Å². The Bertz CT molecular complexity index is 426. The van der Waals surface area contributed by atoms with Crippen LogP contribution < -0.4 is 11.1 Å². The average molecular weight is 232 g/mol. The Hall–Kier alpha value is -1.97. The standard InChI is InChI=1S/C13H16N2O2/c1-10(14)9-13(7-8-15-12(16)17-13)11-5-3-2-4-6-11/h2-6H,1,7-9,14H2,(H,15,16)/t13-/m1/s1. The number of hydrogen-bond donors (Lipinski definition) is 2. The highest BCUT2D eigenvalue weighted by Crippen LogP contribution is 2.36. The van der Waals surface area contributed by atoms with Gasteiger partial charge in [0.15, 0.2) is 0 Å². The fourth-order valence-corrected chi connectivity index (χ4v) is 2.17. The molecule has 1 atom stereocenters. The number of carbonyl (C=O) groups is 1. The van der Waals surface area contributed by atoms with Gasteiger partial charge >= 0.3 is 6.09 Å². The Labute approximate surface area is 100 Å². The SMILES string of the molecule is C=C(N)C[C@@]1(c2ccccc2)CCNC(=O)O1. The van der Waals surface area contributed by atoms with Gasteiger partial charge in [-0.05, 0) is 5.56 Å². The smallest absolute Gasteiger partial charge is 0.408 e. The molecule has 0 aromatic heterocycles. The van der Waals surface area contributed by atoms with Crippen molar-refractivity contribution in [1.29, 1.82) is 0 Å². The van der Waals surface area contributed by atoms with Crippen molar-refractivity contribution in [3.8, 4) is 0 Å². The molecule has 90 valence electrons. The molecule has 2 rings (SSSR count). The Balaban J connectivity index is 2.36. The van der Waals surface area contributed by atoms with Gasteiger partial charge in [0, 0.05) is 25.1 Å². The van der Waals surface area contributed by atoms with Crippen LogP contribution in [0, 0.1) is 0 Å². The van der Waals surface area contributed by atoms with E-state index in [0.717, 1.165) is 5.56 Å². The third-order valence-corrected chi connectivity index (χ3v) is 2.90. The summed E-state index contributed by atoms with van der Waals surface area (Å²) in [4.78, 5) is 11.4. The largest absolute Gasteiger partial charge is 0.438 e. The summed E-state index contributed by atoms with van der Waals surface area (Å²) in [6.45, 7) is 4.30. The van der Waals surface area contributed by atoms with Crippen LogP contribution in [0.4, 0.5) is 4.79 Å². The van der Waals surface area contributed by atoms with E-state index in [1.54, 1.807) is 0 Å². The number of nitrogens with two attached hydrogens (primary N) is 1. The lowest BCUT2D eigenvalue weighted by Gasteiger charge is -2.37. The van der Waals surface area contributed by atoms with E-state index in [0.29, 0.717) is 25.1 Å². The fraction of sp³-hybridized carbons (Fsp3) is 0.308. The fourth-order valence-electron chi connectivity index (χ4n) is 2.17. The molecule has 0 unspecified atom stereocenters. The molecular formula is C13H16N2O2.